The van der Waals surface area contributed by atoms with Gasteiger partial charge in [0.25, 0.3) is 5.56 Å². The SMILES string of the molecule is CC1=C(C(=O)OC(C)C)[C@H](c2ccc(Cl)cc2)n2c(s/c(=C/c3cn(Cc4ccc(Cl)c(Cl)c4)c4ccccc34)c2=O)=N1. The summed E-state index contributed by atoms with van der Waals surface area (Å²) in [4.78, 5) is 32.6. The summed E-state index contributed by atoms with van der Waals surface area (Å²) in [7, 11) is 0. The molecule has 0 saturated heterocycles. The molecule has 0 N–H and O–H groups in total. The van der Waals surface area contributed by atoms with Gasteiger partial charge < -0.3 is 9.30 Å². The van der Waals surface area contributed by atoms with Crippen LogP contribution in [0.3, 0.4) is 0 Å². The monoisotopic (exact) mass is 649 g/mol. The molecule has 5 aromatic rings. The number of rotatable bonds is 6. The molecule has 0 bridgehead atoms. The molecule has 0 unspecified atom stereocenters. The Hall–Kier alpha value is -3.62. The molecule has 6 rings (SSSR count). The average molecular weight is 651 g/mol. The van der Waals surface area contributed by atoms with E-state index >= 15 is 0 Å². The standard InChI is InChI=1S/C33H26Cl3N3O3S/c1-18(2)42-32(41)29-19(3)37-33-39(30(29)21-9-11-23(34)12-10-21)31(40)28(43-33)15-22-17-38(27-7-5-4-6-24(22)27)16-20-8-13-25(35)26(36)14-20/h4-15,17-18,30H,16H2,1-3H3/b28-15+/t30-/m0/s1. The van der Waals surface area contributed by atoms with E-state index in [1.807, 2.05) is 60.8 Å². The first-order valence-electron chi connectivity index (χ1n) is 13.6. The molecule has 1 atom stereocenters. The van der Waals surface area contributed by atoms with Crippen LogP contribution in [0.15, 0.2) is 94.0 Å². The van der Waals surface area contributed by atoms with Crippen molar-refractivity contribution >= 4 is 69.1 Å². The predicted octanol–water partition coefficient (Wildman–Crippen LogP) is 7.15. The van der Waals surface area contributed by atoms with Gasteiger partial charge in [-0.2, -0.15) is 0 Å². The molecule has 43 heavy (non-hydrogen) atoms. The number of allylic oxidation sites excluding steroid dienone is 1. The maximum Gasteiger partial charge on any atom is 0.338 e. The van der Waals surface area contributed by atoms with Crippen molar-refractivity contribution in [3.05, 3.63) is 136 Å². The molecule has 10 heteroatoms. The third-order valence-electron chi connectivity index (χ3n) is 7.21. The summed E-state index contributed by atoms with van der Waals surface area (Å²) in [5.74, 6) is -0.504. The number of hydrogen-bond acceptors (Lipinski definition) is 5. The largest absolute Gasteiger partial charge is 0.459 e. The second-order valence-corrected chi connectivity index (χ2v) is 12.8. The van der Waals surface area contributed by atoms with Crippen LogP contribution in [0, 0.1) is 0 Å². The van der Waals surface area contributed by atoms with Crippen molar-refractivity contribution in [2.45, 2.75) is 39.5 Å². The summed E-state index contributed by atoms with van der Waals surface area (Å²) < 4.78 is 9.79. The van der Waals surface area contributed by atoms with Crippen molar-refractivity contribution in [1.82, 2.24) is 9.13 Å². The zero-order chi connectivity index (χ0) is 30.4. The topological polar surface area (TPSA) is 65.6 Å². The van der Waals surface area contributed by atoms with Crippen LogP contribution < -0.4 is 14.9 Å². The second kappa shape index (κ2) is 11.8. The summed E-state index contributed by atoms with van der Waals surface area (Å²) in [5, 5.41) is 2.56. The zero-order valence-corrected chi connectivity index (χ0v) is 26.6. The van der Waals surface area contributed by atoms with E-state index in [0.717, 1.165) is 27.6 Å². The smallest absolute Gasteiger partial charge is 0.338 e. The number of carbonyl (C=O) groups excluding carboxylic acids is 1. The van der Waals surface area contributed by atoms with E-state index in [0.29, 0.717) is 42.2 Å². The highest BCUT2D eigenvalue weighted by molar-refractivity contribution is 7.07. The highest BCUT2D eigenvalue weighted by atomic mass is 35.5. The van der Waals surface area contributed by atoms with Crippen LogP contribution in [0.4, 0.5) is 0 Å². The summed E-state index contributed by atoms with van der Waals surface area (Å²) in [5.41, 5.74) is 4.23. The highest BCUT2D eigenvalue weighted by Crippen LogP contribution is 2.32. The minimum atomic E-state index is -0.710. The number of aromatic nitrogens is 2. The van der Waals surface area contributed by atoms with Gasteiger partial charge >= 0.3 is 5.97 Å². The fraction of sp³-hybridized carbons (Fsp3) is 0.182. The van der Waals surface area contributed by atoms with Gasteiger partial charge in [-0.15, -0.1) is 0 Å². The first-order valence-corrected chi connectivity index (χ1v) is 15.6. The van der Waals surface area contributed by atoms with E-state index in [1.54, 1.807) is 43.5 Å². The minimum Gasteiger partial charge on any atom is -0.459 e. The van der Waals surface area contributed by atoms with Crippen molar-refractivity contribution in [3.8, 4) is 0 Å². The van der Waals surface area contributed by atoms with E-state index in [-0.39, 0.29) is 11.7 Å². The number of para-hydroxylation sites is 1. The molecule has 218 valence electrons. The van der Waals surface area contributed by atoms with Crippen molar-refractivity contribution in [2.24, 2.45) is 4.99 Å². The predicted molar refractivity (Wildman–Crippen MR) is 174 cm³/mol. The van der Waals surface area contributed by atoms with Gasteiger partial charge in [0, 0.05) is 34.2 Å². The zero-order valence-electron chi connectivity index (χ0n) is 23.5. The van der Waals surface area contributed by atoms with Crippen LogP contribution in [-0.2, 0) is 16.1 Å². The van der Waals surface area contributed by atoms with Gasteiger partial charge in [0.2, 0.25) is 0 Å². The molecule has 3 aromatic carbocycles. The second-order valence-electron chi connectivity index (χ2n) is 10.6. The lowest BCUT2D eigenvalue weighted by Crippen LogP contribution is -2.40. The van der Waals surface area contributed by atoms with Gasteiger partial charge in [0.15, 0.2) is 4.80 Å². The Kier molecular flexibility index (Phi) is 8.09. The summed E-state index contributed by atoms with van der Waals surface area (Å²) in [6.07, 6.45) is 3.59. The molecule has 1 aliphatic rings. The first-order chi connectivity index (χ1) is 20.6. The Morgan fingerprint density at radius 1 is 1.05 bits per heavy atom. The molecule has 0 saturated carbocycles. The van der Waals surface area contributed by atoms with E-state index in [2.05, 4.69) is 4.57 Å². The number of fused-ring (bicyclic) bond motifs is 2. The third-order valence-corrected chi connectivity index (χ3v) is 9.19. The Morgan fingerprint density at radius 3 is 2.51 bits per heavy atom. The van der Waals surface area contributed by atoms with E-state index in [9.17, 15) is 9.59 Å². The van der Waals surface area contributed by atoms with Gasteiger partial charge in [-0.1, -0.05) is 82.5 Å². The lowest BCUT2D eigenvalue weighted by Gasteiger charge is -2.25. The average Bonchev–Trinajstić information content (AvgIpc) is 3.46. The summed E-state index contributed by atoms with van der Waals surface area (Å²) in [6.45, 7) is 5.92. The Bertz CT molecular complexity index is 2110. The van der Waals surface area contributed by atoms with Crippen molar-refractivity contribution < 1.29 is 9.53 Å². The molecule has 1 aliphatic heterocycles. The maximum atomic E-state index is 14.1. The Balaban J connectivity index is 1.50. The molecule has 0 aliphatic carbocycles. The van der Waals surface area contributed by atoms with Crippen molar-refractivity contribution in [2.75, 3.05) is 0 Å². The fourth-order valence-corrected chi connectivity index (χ4v) is 6.80. The van der Waals surface area contributed by atoms with Gasteiger partial charge in [-0.25, -0.2) is 9.79 Å². The molecule has 0 fully saturated rings. The number of carbonyl (C=O) groups is 1. The molecular weight excluding hydrogens is 625 g/mol. The molecule has 0 spiro atoms. The number of hydrogen-bond donors (Lipinski definition) is 0. The normalized spacial score (nSPS) is 15.2. The van der Waals surface area contributed by atoms with Gasteiger partial charge in [0.05, 0.1) is 38.0 Å². The van der Waals surface area contributed by atoms with Gasteiger partial charge in [-0.05, 0) is 68.3 Å². The van der Waals surface area contributed by atoms with Gasteiger partial charge in [-0.3, -0.25) is 9.36 Å². The number of benzene rings is 3. The number of ether oxygens (including phenoxy) is 1. The van der Waals surface area contributed by atoms with E-state index < -0.39 is 12.0 Å². The van der Waals surface area contributed by atoms with Crippen LogP contribution in [0.1, 0.15) is 43.5 Å². The van der Waals surface area contributed by atoms with Crippen LogP contribution in [0.2, 0.25) is 15.1 Å². The number of esters is 1. The lowest BCUT2D eigenvalue weighted by atomic mass is 9.96. The number of halogens is 3. The molecule has 0 radical (unpaired) electrons. The van der Waals surface area contributed by atoms with Gasteiger partial charge in [0.1, 0.15) is 0 Å². The molecule has 0 amide bonds. The van der Waals surface area contributed by atoms with Crippen LogP contribution in [0.25, 0.3) is 17.0 Å². The summed E-state index contributed by atoms with van der Waals surface area (Å²) >= 11 is 19.9. The Morgan fingerprint density at radius 2 is 1.79 bits per heavy atom. The summed E-state index contributed by atoms with van der Waals surface area (Å²) in [6, 6.07) is 20.1. The van der Waals surface area contributed by atoms with E-state index in [1.165, 1.54) is 11.3 Å². The first kappa shape index (κ1) is 29.5. The molecule has 6 nitrogen and oxygen atoms in total. The van der Waals surface area contributed by atoms with E-state index in [4.69, 9.17) is 44.5 Å². The Labute approximate surface area is 266 Å². The molecule has 2 aromatic heterocycles. The highest BCUT2D eigenvalue weighted by Gasteiger charge is 2.33. The maximum absolute atomic E-state index is 14.1. The van der Waals surface area contributed by atoms with Crippen LogP contribution in [0.5, 0.6) is 0 Å². The van der Waals surface area contributed by atoms with Crippen molar-refractivity contribution in [1.29, 1.82) is 0 Å². The number of nitrogens with zero attached hydrogens (tertiary/aromatic N) is 3. The lowest BCUT2D eigenvalue weighted by molar-refractivity contribution is -0.143. The van der Waals surface area contributed by atoms with Crippen LogP contribution in [-0.4, -0.2) is 21.2 Å². The van der Waals surface area contributed by atoms with Crippen molar-refractivity contribution in [3.63, 3.8) is 0 Å². The minimum absolute atomic E-state index is 0.243. The fourth-order valence-electron chi connectivity index (χ4n) is 5.32. The van der Waals surface area contributed by atoms with Crippen LogP contribution >= 0.6 is 46.1 Å². The quantitative estimate of drug-likeness (QED) is 0.183. The molecular formula is C33H26Cl3N3O3S. The third kappa shape index (κ3) is 5.70. The molecule has 3 heterocycles. The number of thiazole rings is 1.